The lowest BCUT2D eigenvalue weighted by atomic mass is 9.35. The highest BCUT2D eigenvalue weighted by atomic mass is 16.7. The van der Waals surface area contributed by atoms with Gasteiger partial charge in [-0.15, -0.1) is 0 Å². The van der Waals surface area contributed by atoms with Crippen LogP contribution < -0.4 is 0 Å². The van der Waals surface area contributed by atoms with Crippen molar-refractivity contribution in [1.82, 2.24) is 0 Å². The molecule has 64 heavy (non-hydrogen) atoms. The first kappa shape index (κ1) is 43.5. The molecule has 6 spiro atoms. The van der Waals surface area contributed by atoms with E-state index in [-0.39, 0.29) is 62.7 Å². The van der Waals surface area contributed by atoms with E-state index >= 15 is 9.59 Å². The lowest BCUT2D eigenvalue weighted by Crippen LogP contribution is -2.84. The van der Waals surface area contributed by atoms with Crippen molar-refractivity contribution in [2.45, 2.75) is 155 Å². The summed E-state index contributed by atoms with van der Waals surface area (Å²) in [4.78, 5) is 82.3. The molecule has 8 bridgehead atoms. The molecule has 9 saturated carbocycles. The first-order valence-corrected chi connectivity index (χ1v) is 23.8. The minimum atomic E-state index is -2.37. The third-order valence-corrected chi connectivity index (χ3v) is 21.5. The molecule has 4 saturated heterocycles. The lowest BCUT2D eigenvalue weighted by Gasteiger charge is -2.74. The van der Waals surface area contributed by atoms with Crippen molar-refractivity contribution in [3.05, 3.63) is 0 Å². The number of ether oxygens (including phenoxy) is 6. The fourth-order valence-corrected chi connectivity index (χ4v) is 19.8. The molecule has 13 fully saturated rings. The molecular weight excluding hydrogens is 833 g/mol. The van der Waals surface area contributed by atoms with Crippen LogP contribution in [0.4, 0.5) is 0 Å². The third kappa shape index (κ3) is 4.37. The summed E-state index contributed by atoms with van der Waals surface area (Å²) in [5.74, 6) is -10.5. The highest BCUT2D eigenvalue weighted by Crippen LogP contribution is 2.88. The number of esters is 4. The second-order valence-electron chi connectivity index (χ2n) is 23.2. The molecule has 0 amide bonds. The Labute approximate surface area is 372 Å². The molecule has 20 unspecified atom stereocenters. The van der Waals surface area contributed by atoms with Crippen molar-refractivity contribution in [1.29, 1.82) is 0 Å². The van der Waals surface area contributed by atoms with Gasteiger partial charge in [0, 0.05) is 72.0 Å². The van der Waals surface area contributed by atoms with Gasteiger partial charge in [0.15, 0.2) is 11.6 Å². The number of carbonyl (C=O) groups excluding carboxylic acids is 6. The van der Waals surface area contributed by atoms with Crippen molar-refractivity contribution in [3.8, 4) is 0 Å². The number of rotatable bonds is 6. The van der Waals surface area contributed by atoms with Gasteiger partial charge in [-0.05, 0) is 101 Å². The van der Waals surface area contributed by atoms with Crippen LogP contribution in [-0.4, -0.2) is 118 Å². The summed E-state index contributed by atoms with van der Waals surface area (Å²) in [5.41, 5.74) is -9.63. The number of fused-ring (bicyclic) bond motifs is 7. The Balaban J connectivity index is 0.998. The average Bonchev–Trinajstić information content (AvgIpc) is 3.56. The zero-order chi connectivity index (χ0) is 45.8. The van der Waals surface area contributed by atoms with Crippen LogP contribution in [0.25, 0.3) is 0 Å². The van der Waals surface area contributed by atoms with Gasteiger partial charge >= 0.3 is 23.9 Å². The molecule has 13 aliphatic rings. The van der Waals surface area contributed by atoms with Crippen molar-refractivity contribution < 1.29 is 77.6 Å². The van der Waals surface area contributed by atoms with Gasteiger partial charge < -0.3 is 48.8 Å². The average molecular weight is 897 g/mol. The fraction of sp³-hybridized carbons (Fsp3) is 0.875. The summed E-state index contributed by atoms with van der Waals surface area (Å²) in [6.07, 6.45) is 0.249. The Morgan fingerprint density at radius 1 is 0.562 bits per heavy atom. The molecule has 20 atom stereocenters. The normalized spacial score (nSPS) is 56.7. The van der Waals surface area contributed by atoms with Gasteiger partial charge in [0.2, 0.25) is 11.6 Å². The molecule has 16 heteroatoms. The van der Waals surface area contributed by atoms with E-state index in [1.165, 1.54) is 27.7 Å². The number of hydrogen-bond donors (Lipinski definition) is 4. The molecule has 13 rings (SSSR count). The molecule has 352 valence electrons. The highest BCUT2D eigenvalue weighted by molar-refractivity contribution is 6.07. The minimum absolute atomic E-state index is 0.0444. The fourth-order valence-electron chi connectivity index (χ4n) is 19.8. The molecule has 0 aromatic heterocycles. The first-order chi connectivity index (χ1) is 30.0. The van der Waals surface area contributed by atoms with E-state index in [0.29, 0.717) is 64.2 Å². The summed E-state index contributed by atoms with van der Waals surface area (Å²) in [6, 6.07) is 0. The van der Waals surface area contributed by atoms with Crippen LogP contribution in [0.2, 0.25) is 0 Å². The summed E-state index contributed by atoms with van der Waals surface area (Å²) in [7, 11) is 0. The molecule has 16 nitrogen and oxygen atoms in total. The van der Waals surface area contributed by atoms with Gasteiger partial charge in [0.25, 0.3) is 0 Å². The van der Waals surface area contributed by atoms with Crippen LogP contribution in [0.1, 0.15) is 119 Å². The van der Waals surface area contributed by atoms with Crippen LogP contribution in [-0.2, 0) is 57.2 Å². The van der Waals surface area contributed by atoms with E-state index < -0.39 is 127 Å². The quantitative estimate of drug-likeness (QED) is 0.222. The van der Waals surface area contributed by atoms with Crippen molar-refractivity contribution >= 4 is 35.4 Å². The van der Waals surface area contributed by atoms with E-state index in [9.17, 15) is 39.6 Å². The predicted molar refractivity (Wildman–Crippen MR) is 215 cm³/mol. The van der Waals surface area contributed by atoms with Crippen molar-refractivity contribution in [2.75, 3.05) is 26.4 Å². The third-order valence-electron chi connectivity index (χ3n) is 21.5. The maximum atomic E-state index is 16.4. The second-order valence-corrected chi connectivity index (χ2v) is 23.2. The van der Waals surface area contributed by atoms with Crippen molar-refractivity contribution in [2.24, 2.45) is 78.8 Å². The standard InChI is InChI=1S/C48H64O16/c1-23(49)59-19-39(5)31(63-25(3)51)11-13-41-21-61-47(57,35(53)33(39)41)45-17-27(7-9-29(41)45)43(37(45)55)15-16-44(43)28-8-10-30-42-14-12-32(64-26(4)52)40(6,20-60-24(2)50)34(42)36(54)48(58,62-22-42)46(30,18-28)38(44)56/h27-36,53-54,57-58H,7-22H2,1-6H3. The van der Waals surface area contributed by atoms with Crippen LogP contribution >= 0.6 is 0 Å². The van der Waals surface area contributed by atoms with Gasteiger partial charge in [-0.3, -0.25) is 28.8 Å². The number of hydrogen-bond acceptors (Lipinski definition) is 16. The number of ketones is 2. The van der Waals surface area contributed by atoms with Crippen LogP contribution in [0, 0.1) is 78.8 Å². The molecule has 4 heterocycles. The summed E-state index contributed by atoms with van der Waals surface area (Å²) in [5, 5.41) is 51.9. The smallest absolute Gasteiger partial charge is 0.302 e. The Morgan fingerprint density at radius 3 is 1.27 bits per heavy atom. The topological polar surface area (TPSA) is 239 Å². The monoisotopic (exact) mass is 896 g/mol. The number of aliphatic hydroxyl groups is 4. The second kappa shape index (κ2) is 12.9. The molecule has 0 aromatic carbocycles. The number of aliphatic hydroxyl groups excluding tert-OH is 2. The lowest BCUT2D eigenvalue weighted by molar-refractivity contribution is -0.444. The van der Waals surface area contributed by atoms with Gasteiger partial charge in [-0.1, -0.05) is 13.8 Å². The van der Waals surface area contributed by atoms with Crippen LogP contribution in [0.3, 0.4) is 0 Å². The number of carbonyl (C=O) groups is 6. The number of Topliss-reactive ketones (excluding diaryl/α,β-unsaturated/α-hetero) is 2. The van der Waals surface area contributed by atoms with E-state index in [2.05, 4.69) is 0 Å². The van der Waals surface area contributed by atoms with Crippen LogP contribution in [0.15, 0.2) is 0 Å². The molecule has 4 aliphatic heterocycles. The van der Waals surface area contributed by atoms with Crippen LogP contribution in [0.5, 0.6) is 0 Å². The van der Waals surface area contributed by atoms with E-state index in [4.69, 9.17) is 28.4 Å². The van der Waals surface area contributed by atoms with Crippen molar-refractivity contribution in [3.63, 3.8) is 0 Å². The predicted octanol–water partition coefficient (Wildman–Crippen LogP) is 2.71. The minimum Gasteiger partial charge on any atom is -0.465 e. The molecule has 0 aromatic rings. The summed E-state index contributed by atoms with van der Waals surface area (Å²) >= 11 is 0. The molecule has 4 N–H and O–H groups in total. The Morgan fingerprint density at radius 2 is 0.938 bits per heavy atom. The maximum absolute atomic E-state index is 16.4. The first-order valence-electron chi connectivity index (χ1n) is 23.8. The SMILES string of the molecule is CC(=O)OCC1(C)C(OC(C)=O)CCC23COC(O)(C(O)C12)C12CC(CCC31)C1(CCC13C(=O)C14CC3CCC1C13CCC(OC(C)=O)C(C)(COC(C)=O)C1C(O)C4(O)OC3)C2=O. The van der Waals surface area contributed by atoms with E-state index in [0.717, 1.165) is 0 Å². The summed E-state index contributed by atoms with van der Waals surface area (Å²) in [6.45, 7) is 8.53. The van der Waals surface area contributed by atoms with Gasteiger partial charge in [-0.2, -0.15) is 0 Å². The largest absolute Gasteiger partial charge is 0.465 e. The highest BCUT2D eigenvalue weighted by Gasteiger charge is 2.94. The Bertz CT molecular complexity index is 2010. The zero-order valence-corrected chi connectivity index (χ0v) is 37.8. The molecular formula is C48H64O16. The van der Waals surface area contributed by atoms with Gasteiger partial charge in [-0.25, -0.2) is 0 Å². The maximum Gasteiger partial charge on any atom is 0.302 e. The van der Waals surface area contributed by atoms with Gasteiger partial charge in [0.1, 0.15) is 37.6 Å². The molecule has 9 aliphatic carbocycles. The zero-order valence-electron chi connectivity index (χ0n) is 37.8. The summed E-state index contributed by atoms with van der Waals surface area (Å²) < 4.78 is 36.0. The Hall–Kier alpha value is -3.02. The van der Waals surface area contributed by atoms with Gasteiger partial charge in [0.05, 0.1) is 24.0 Å². The molecule has 0 radical (unpaired) electrons. The van der Waals surface area contributed by atoms with E-state index in [1.54, 1.807) is 0 Å². The Kier molecular flexibility index (Phi) is 8.80. The van der Waals surface area contributed by atoms with E-state index in [1.807, 2.05) is 13.8 Å².